The number of amides is 1. The molecule has 27 heavy (non-hydrogen) atoms. The number of allylic oxidation sites excluding steroid dienone is 1. The number of nitrogens with one attached hydrogen (secondary N) is 1. The van der Waals surface area contributed by atoms with Crippen LogP contribution in [0.25, 0.3) is 11.2 Å². The molecule has 4 rings (SSSR count). The monoisotopic (exact) mass is 373 g/mol. The topological polar surface area (TPSA) is 66.6 Å². The van der Waals surface area contributed by atoms with Crippen LogP contribution in [0.2, 0.25) is 0 Å². The zero-order valence-corrected chi connectivity index (χ0v) is 13.9. The molecule has 8 heteroatoms. The summed E-state index contributed by atoms with van der Waals surface area (Å²) >= 11 is 0. The third kappa shape index (κ3) is 2.92. The number of alkyl halides is 3. The van der Waals surface area contributed by atoms with Crippen molar-refractivity contribution in [2.24, 2.45) is 0 Å². The summed E-state index contributed by atoms with van der Waals surface area (Å²) in [4.78, 5) is 17.1. The maximum Gasteiger partial charge on any atom is 0.418 e. The molecule has 1 aromatic carbocycles. The molecule has 0 saturated carbocycles. The number of aliphatic hydroxyl groups excluding tert-OH is 1. The Bertz CT molecular complexity index is 1080. The summed E-state index contributed by atoms with van der Waals surface area (Å²) in [5, 5.41) is 12.5. The average molecular weight is 373 g/mol. The zero-order valence-electron chi connectivity index (χ0n) is 13.9. The number of aryl methyl sites for hydroxylation is 1. The molecule has 2 aromatic heterocycles. The van der Waals surface area contributed by atoms with E-state index in [1.807, 2.05) is 6.07 Å². The van der Waals surface area contributed by atoms with E-state index in [4.69, 9.17) is 0 Å². The summed E-state index contributed by atoms with van der Waals surface area (Å²) in [6.45, 7) is 0. The van der Waals surface area contributed by atoms with Gasteiger partial charge in [0.15, 0.2) is 0 Å². The summed E-state index contributed by atoms with van der Waals surface area (Å²) in [6.07, 6.45) is -2.14. The number of aromatic nitrogens is 2. The quantitative estimate of drug-likeness (QED) is 0.707. The van der Waals surface area contributed by atoms with E-state index >= 15 is 0 Å². The number of anilines is 1. The minimum atomic E-state index is -4.61. The molecule has 138 valence electrons. The number of hydrogen-bond donors (Lipinski definition) is 2. The highest BCUT2D eigenvalue weighted by molar-refractivity contribution is 6.26. The van der Waals surface area contributed by atoms with Gasteiger partial charge in [-0.15, -0.1) is 0 Å². The number of carbonyl (C=O) groups excluding carboxylic acids is 1. The fourth-order valence-corrected chi connectivity index (χ4v) is 3.25. The van der Waals surface area contributed by atoms with E-state index in [0.717, 1.165) is 11.8 Å². The van der Waals surface area contributed by atoms with E-state index in [2.05, 4.69) is 10.3 Å². The van der Waals surface area contributed by atoms with Crippen LogP contribution in [0.15, 0.2) is 54.4 Å². The molecule has 0 spiro atoms. The number of nitrogens with zero attached hydrogens (tertiary/aromatic N) is 2. The Labute approximate surface area is 151 Å². The molecular weight excluding hydrogens is 359 g/mol. The summed E-state index contributed by atoms with van der Waals surface area (Å²) in [6, 6.07) is 10.1. The van der Waals surface area contributed by atoms with Crippen LogP contribution < -0.4 is 5.32 Å². The van der Waals surface area contributed by atoms with Gasteiger partial charge in [0.1, 0.15) is 22.7 Å². The highest BCUT2D eigenvalue weighted by atomic mass is 19.4. The predicted octanol–water partition coefficient (Wildman–Crippen LogP) is 4.21. The summed E-state index contributed by atoms with van der Waals surface area (Å²) < 4.78 is 41.3. The predicted molar refractivity (Wildman–Crippen MR) is 93.1 cm³/mol. The van der Waals surface area contributed by atoms with Gasteiger partial charge in [0.05, 0.1) is 16.9 Å². The number of hydrogen-bond acceptors (Lipinski definition) is 3. The molecule has 0 radical (unpaired) electrons. The number of pyridine rings is 1. The van der Waals surface area contributed by atoms with Crippen LogP contribution in [0, 0.1) is 0 Å². The largest absolute Gasteiger partial charge is 0.511 e. The van der Waals surface area contributed by atoms with Gasteiger partial charge in [-0.25, -0.2) is 4.98 Å². The Kier molecular flexibility index (Phi) is 3.91. The van der Waals surface area contributed by atoms with E-state index in [-0.39, 0.29) is 29.1 Å². The Balaban J connectivity index is 1.75. The molecule has 1 aliphatic rings. The van der Waals surface area contributed by atoms with Gasteiger partial charge in [0, 0.05) is 12.6 Å². The van der Waals surface area contributed by atoms with E-state index in [1.54, 1.807) is 22.7 Å². The molecule has 3 aromatic rings. The van der Waals surface area contributed by atoms with Crippen LogP contribution in [-0.2, 0) is 17.4 Å². The standard InChI is InChI=1S/C19H14F3N3O2/c20-19(21,22)11-5-1-2-6-12(11)23-18(27)16-14(26)9-8-13-17(16)24-15-7-3-4-10-25(13)15/h1-7,10,26H,8-9H2,(H,23,27). The van der Waals surface area contributed by atoms with Gasteiger partial charge in [-0.2, -0.15) is 13.2 Å². The Morgan fingerprint density at radius 2 is 1.85 bits per heavy atom. The van der Waals surface area contributed by atoms with Gasteiger partial charge in [-0.05, 0) is 30.7 Å². The molecule has 0 fully saturated rings. The van der Waals surface area contributed by atoms with E-state index in [9.17, 15) is 23.1 Å². The normalized spacial score (nSPS) is 14.3. The first-order valence-corrected chi connectivity index (χ1v) is 8.22. The van der Waals surface area contributed by atoms with Crippen molar-refractivity contribution in [1.82, 2.24) is 9.38 Å². The van der Waals surface area contributed by atoms with Crippen LogP contribution in [0.1, 0.15) is 23.4 Å². The molecule has 0 saturated heterocycles. The van der Waals surface area contributed by atoms with Crippen molar-refractivity contribution in [2.45, 2.75) is 19.0 Å². The lowest BCUT2D eigenvalue weighted by molar-refractivity contribution is -0.136. The molecule has 0 aliphatic heterocycles. The second-order valence-corrected chi connectivity index (χ2v) is 6.16. The second kappa shape index (κ2) is 6.15. The lowest BCUT2D eigenvalue weighted by atomic mass is 9.97. The van der Waals surface area contributed by atoms with Crippen molar-refractivity contribution in [3.05, 3.63) is 71.4 Å². The van der Waals surface area contributed by atoms with Crippen molar-refractivity contribution in [2.75, 3.05) is 5.32 Å². The van der Waals surface area contributed by atoms with Gasteiger partial charge in [-0.1, -0.05) is 18.2 Å². The minimum Gasteiger partial charge on any atom is -0.511 e. The molecular formula is C19H14F3N3O2. The molecule has 2 heterocycles. The van der Waals surface area contributed by atoms with Crippen LogP contribution in [0.3, 0.4) is 0 Å². The molecule has 1 aliphatic carbocycles. The van der Waals surface area contributed by atoms with Crippen molar-refractivity contribution in [3.63, 3.8) is 0 Å². The third-order valence-electron chi connectivity index (χ3n) is 4.46. The van der Waals surface area contributed by atoms with Crippen LogP contribution >= 0.6 is 0 Å². The summed E-state index contributed by atoms with van der Waals surface area (Å²) in [7, 11) is 0. The van der Waals surface area contributed by atoms with Crippen LogP contribution in [0.4, 0.5) is 18.9 Å². The van der Waals surface area contributed by atoms with Crippen LogP contribution in [-0.4, -0.2) is 20.4 Å². The first-order valence-electron chi connectivity index (χ1n) is 8.22. The molecule has 0 atom stereocenters. The number of halogens is 3. The molecule has 5 nitrogen and oxygen atoms in total. The van der Waals surface area contributed by atoms with Crippen molar-refractivity contribution < 1.29 is 23.1 Å². The van der Waals surface area contributed by atoms with Gasteiger partial charge in [0.25, 0.3) is 5.91 Å². The number of aliphatic hydroxyl groups is 1. The first kappa shape index (κ1) is 17.1. The smallest absolute Gasteiger partial charge is 0.418 e. The number of fused-ring (bicyclic) bond motifs is 3. The average Bonchev–Trinajstić information content (AvgIpc) is 2.99. The van der Waals surface area contributed by atoms with E-state index < -0.39 is 17.6 Å². The summed E-state index contributed by atoms with van der Waals surface area (Å²) in [5.74, 6) is -1.01. The first-order chi connectivity index (χ1) is 12.9. The fourth-order valence-electron chi connectivity index (χ4n) is 3.25. The number of rotatable bonds is 2. The van der Waals surface area contributed by atoms with Gasteiger partial charge in [0.2, 0.25) is 0 Å². The van der Waals surface area contributed by atoms with Crippen molar-refractivity contribution in [3.8, 4) is 0 Å². The molecule has 0 unspecified atom stereocenters. The number of carbonyl (C=O) groups is 1. The number of benzene rings is 1. The Morgan fingerprint density at radius 3 is 2.63 bits per heavy atom. The fraction of sp³-hybridized carbons (Fsp3) is 0.158. The SMILES string of the molecule is O=C(Nc1ccccc1C(F)(F)F)C1=C(O)CCc2c1nc1ccccn21. The highest BCUT2D eigenvalue weighted by Gasteiger charge is 2.35. The second-order valence-electron chi connectivity index (χ2n) is 6.16. The third-order valence-corrected chi connectivity index (χ3v) is 4.46. The highest BCUT2D eigenvalue weighted by Crippen LogP contribution is 2.36. The maximum atomic E-state index is 13.2. The maximum absolute atomic E-state index is 13.2. The van der Waals surface area contributed by atoms with Gasteiger partial charge < -0.3 is 14.8 Å². The molecule has 0 bridgehead atoms. The lowest BCUT2D eigenvalue weighted by Crippen LogP contribution is -2.21. The van der Waals surface area contributed by atoms with Crippen molar-refractivity contribution >= 4 is 22.8 Å². The van der Waals surface area contributed by atoms with E-state index in [0.29, 0.717) is 12.1 Å². The minimum absolute atomic E-state index is 0.100. The molecule has 1 amide bonds. The zero-order chi connectivity index (χ0) is 19.2. The van der Waals surface area contributed by atoms with E-state index in [1.165, 1.54) is 18.2 Å². The molecule has 2 N–H and O–H groups in total. The number of imidazole rings is 1. The summed E-state index contributed by atoms with van der Waals surface area (Å²) in [5.41, 5.74) is 0.190. The number of para-hydroxylation sites is 1. The van der Waals surface area contributed by atoms with Gasteiger partial charge in [-0.3, -0.25) is 4.79 Å². The Hall–Kier alpha value is -3.29. The van der Waals surface area contributed by atoms with Gasteiger partial charge >= 0.3 is 6.18 Å². The lowest BCUT2D eigenvalue weighted by Gasteiger charge is -2.18. The van der Waals surface area contributed by atoms with Crippen LogP contribution in [0.5, 0.6) is 0 Å². The Morgan fingerprint density at radius 1 is 1.11 bits per heavy atom. The van der Waals surface area contributed by atoms with Crippen molar-refractivity contribution in [1.29, 1.82) is 0 Å².